The van der Waals surface area contributed by atoms with Gasteiger partial charge in [-0.25, -0.2) is 0 Å². The number of hydrogen-bond donors (Lipinski definition) is 2. The summed E-state index contributed by atoms with van der Waals surface area (Å²) in [5.41, 5.74) is 5.53. The molecule has 14 heavy (non-hydrogen) atoms. The van der Waals surface area contributed by atoms with Crippen LogP contribution in [0.2, 0.25) is 0 Å². The lowest BCUT2D eigenvalue weighted by Crippen LogP contribution is -2.51. The zero-order chi connectivity index (χ0) is 11.4. The number of terminal acetylenes is 1. The number of nitrogens with two attached hydrogens (primary N) is 1. The van der Waals surface area contributed by atoms with E-state index in [2.05, 4.69) is 11.2 Å². The summed E-state index contributed by atoms with van der Waals surface area (Å²) in [5, 5.41) is 2.72. The summed E-state index contributed by atoms with van der Waals surface area (Å²) in [6.45, 7) is 7.70. The largest absolute Gasteiger partial charge is 0.341 e. The van der Waals surface area contributed by atoms with E-state index in [1.165, 1.54) is 0 Å². The number of amides is 1. The third kappa shape index (κ3) is 3.80. The van der Waals surface area contributed by atoms with E-state index >= 15 is 0 Å². The van der Waals surface area contributed by atoms with Crippen molar-refractivity contribution in [1.82, 2.24) is 5.32 Å². The van der Waals surface area contributed by atoms with Gasteiger partial charge in [-0.2, -0.15) is 0 Å². The van der Waals surface area contributed by atoms with Crippen molar-refractivity contribution in [2.75, 3.05) is 0 Å². The average Bonchev–Trinajstić information content (AvgIpc) is 2.11. The Morgan fingerprint density at radius 2 is 2.07 bits per heavy atom. The van der Waals surface area contributed by atoms with Crippen molar-refractivity contribution in [2.45, 2.75) is 46.2 Å². The van der Waals surface area contributed by atoms with Crippen LogP contribution in [-0.4, -0.2) is 18.0 Å². The van der Waals surface area contributed by atoms with Crippen LogP contribution in [-0.2, 0) is 4.79 Å². The van der Waals surface area contributed by atoms with E-state index in [4.69, 9.17) is 12.2 Å². The van der Waals surface area contributed by atoms with E-state index in [-0.39, 0.29) is 17.4 Å². The molecular weight excluding hydrogens is 176 g/mol. The van der Waals surface area contributed by atoms with Gasteiger partial charge in [0, 0.05) is 0 Å². The first kappa shape index (κ1) is 13.0. The molecule has 2 unspecified atom stereocenters. The first-order chi connectivity index (χ1) is 6.32. The van der Waals surface area contributed by atoms with Gasteiger partial charge < -0.3 is 11.1 Å². The summed E-state index contributed by atoms with van der Waals surface area (Å²) in [5.74, 6) is 2.32. The molecule has 0 aliphatic heterocycles. The fraction of sp³-hybridized carbons (Fsp3) is 0.727. The van der Waals surface area contributed by atoms with Crippen LogP contribution in [0.5, 0.6) is 0 Å². The second-order valence-corrected chi connectivity index (χ2v) is 4.48. The van der Waals surface area contributed by atoms with Gasteiger partial charge in [-0.05, 0) is 11.8 Å². The molecule has 0 fully saturated rings. The quantitative estimate of drug-likeness (QED) is 0.659. The normalized spacial score (nSPS) is 15.4. The smallest absolute Gasteiger partial charge is 0.238 e. The Morgan fingerprint density at radius 1 is 1.57 bits per heavy atom. The lowest BCUT2D eigenvalue weighted by molar-refractivity contribution is -0.124. The standard InChI is InChI=1S/C11H20N2O/c1-6-8(7-2)13-10(14)9(12)11(3,4)5/h1,8-9H,7,12H2,2-5H3,(H,13,14). The van der Waals surface area contributed by atoms with E-state index in [1.807, 2.05) is 27.7 Å². The SMILES string of the molecule is C#CC(CC)NC(=O)C(N)C(C)(C)C. The van der Waals surface area contributed by atoms with Gasteiger partial charge >= 0.3 is 0 Å². The molecular formula is C11H20N2O. The molecule has 0 radical (unpaired) electrons. The second kappa shape index (κ2) is 5.02. The molecule has 0 aromatic rings. The van der Waals surface area contributed by atoms with Crippen molar-refractivity contribution >= 4 is 5.91 Å². The Labute approximate surface area is 86.4 Å². The van der Waals surface area contributed by atoms with Gasteiger partial charge in [0.2, 0.25) is 5.91 Å². The fourth-order valence-corrected chi connectivity index (χ4v) is 0.916. The number of carbonyl (C=O) groups excluding carboxylic acids is 1. The molecule has 0 aromatic heterocycles. The van der Waals surface area contributed by atoms with Crippen LogP contribution < -0.4 is 11.1 Å². The molecule has 0 bridgehead atoms. The maximum Gasteiger partial charge on any atom is 0.238 e. The highest BCUT2D eigenvalue weighted by molar-refractivity contribution is 5.82. The summed E-state index contributed by atoms with van der Waals surface area (Å²) < 4.78 is 0. The molecule has 0 aromatic carbocycles. The summed E-state index contributed by atoms with van der Waals surface area (Å²) in [4.78, 5) is 11.6. The predicted octanol–water partition coefficient (Wildman–Crippen LogP) is 0.888. The van der Waals surface area contributed by atoms with Gasteiger partial charge in [0.15, 0.2) is 0 Å². The Bertz CT molecular complexity index is 235. The van der Waals surface area contributed by atoms with Gasteiger partial charge in [0.25, 0.3) is 0 Å². The summed E-state index contributed by atoms with van der Waals surface area (Å²) in [6, 6.07) is -0.735. The maximum absolute atomic E-state index is 11.6. The molecule has 3 N–H and O–H groups in total. The van der Waals surface area contributed by atoms with Crippen molar-refractivity contribution in [3.05, 3.63) is 0 Å². The van der Waals surface area contributed by atoms with Crippen LogP contribution in [0.4, 0.5) is 0 Å². The van der Waals surface area contributed by atoms with E-state index in [9.17, 15) is 4.79 Å². The third-order valence-electron chi connectivity index (χ3n) is 2.14. The van der Waals surface area contributed by atoms with E-state index in [1.54, 1.807) is 0 Å². The van der Waals surface area contributed by atoms with E-state index in [0.717, 1.165) is 6.42 Å². The predicted molar refractivity (Wildman–Crippen MR) is 58.5 cm³/mol. The Balaban J connectivity index is 4.30. The summed E-state index contributed by atoms with van der Waals surface area (Å²) in [7, 11) is 0. The molecule has 0 aliphatic carbocycles. The molecule has 1 amide bonds. The molecule has 0 saturated carbocycles. The molecule has 80 valence electrons. The van der Waals surface area contributed by atoms with E-state index < -0.39 is 6.04 Å². The molecule has 0 heterocycles. The van der Waals surface area contributed by atoms with Crippen LogP contribution in [0, 0.1) is 17.8 Å². The topological polar surface area (TPSA) is 55.1 Å². The summed E-state index contributed by atoms with van der Waals surface area (Å²) in [6.07, 6.45) is 5.96. The first-order valence-electron chi connectivity index (χ1n) is 4.85. The lowest BCUT2D eigenvalue weighted by atomic mass is 9.87. The zero-order valence-corrected chi connectivity index (χ0v) is 9.42. The van der Waals surface area contributed by atoms with Gasteiger partial charge in [-0.15, -0.1) is 6.42 Å². The van der Waals surface area contributed by atoms with Crippen LogP contribution in [0.3, 0.4) is 0 Å². The summed E-state index contributed by atoms with van der Waals surface area (Å²) >= 11 is 0. The first-order valence-corrected chi connectivity index (χ1v) is 4.85. The number of carbonyl (C=O) groups is 1. The van der Waals surface area contributed by atoms with Crippen molar-refractivity contribution in [3.8, 4) is 12.3 Å². The molecule has 3 heteroatoms. The molecule has 0 rings (SSSR count). The molecule has 0 spiro atoms. The number of hydrogen-bond acceptors (Lipinski definition) is 2. The highest BCUT2D eigenvalue weighted by Gasteiger charge is 2.28. The molecule has 2 atom stereocenters. The highest BCUT2D eigenvalue weighted by atomic mass is 16.2. The van der Waals surface area contributed by atoms with Crippen molar-refractivity contribution in [2.24, 2.45) is 11.1 Å². The van der Waals surface area contributed by atoms with Crippen LogP contribution in [0.25, 0.3) is 0 Å². The van der Waals surface area contributed by atoms with Crippen LogP contribution >= 0.6 is 0 Å². The highest BCUT2D eigenvalue weighted by Crippen LogP contribution is 2.17. The molecule has 3 nitrogen and oxygen atoms in total. The minimum absolute atomic E-state index is 0.178. The average molecular weight is 196 g/mol. The number of rotatable bonds is 3. The fourth-order valence-electron chi connectivity index (χ4n) is 0.916. The van der Waals surface area contributed by atoms with Crippen LogP contribution in [0.1, 0.15) is 34.1 Å². The monoisotopic (exact) mass is 196 g/mol. The van der Waals surface area contributed by atoms with E-state index in [0.29, 0.717) is 0 Å². The third-order valence-corrected chi connectivity index (χ3v) is 2.14. The second-order valence-electron chi connectivity index (χ2n) is 4.48. The zero-order valence-electron chi connectivity index (χ0n) is 9.42. The Kier molecular flexibility index (Phi) is 4.65. The van der Waals surface area contributed by atoms with Crippen LogP contribution in [0.15, 0.2) is 0 Å². The maximum atomic E-state index is 11.6. The van der Waals surface area contributed by atoms with Crippen molar-refractivity contribution in [3.63, 3.8) is 0 Å². The minimum atomic E-state index is -0.523. The van der Waals surface area contributed by atoms with Gasteiger partial charge in [0.1, 0.15) is 0 Å². The van der Waals surface area contributed by atoms with Gasteiger partial charge in [0.05, 0.1) is 12.1 Å². The van der Waals surface area contributed by atoms with Gasteiger partial charge in [-0.3, -0.25) is 4.79 Å². The Morgan fingerprint density at radius 3 is 2.36 bits per heavy atom. The molecule has 0 saturated heterocycles. The van der Waals surface area contributed by atoms with Gasteiger partial charge in [-0.1, -0.05) is 33.6 Å². The minimum Gasteiger partial charge on any atom is -0.341 e. The lowest BCUT2D eigenvalue weighted by Gasteiger charge is -2.26. The van der Waals surface area contributed by atoms with Crippen molar-refractivity contribution in [1.29, 1.82) is 0 Å². The Hall–Kier alpha value is -1.01. The molecule has 0 aliphatic rings. The van der Waals surface area contributed by atoms with Crippen molar-refractivity contribution < 1.29 is 4.79 Å². The number of nitrogens with one attached hydrogen (secondary N) is 1.